The van der Waals surface area contributed by atoms with E-state index in [0.29, 0.717) is 12.5 Å². The average Bonchev–Trinajstić information content (AvgIpc) is 3.04. The number of hydrogen-bond acceptors (Lipinski definition) is 3. The summed E-state index contributed by atoms with van der Waals surface area (Å²) in [5, 5.41) is 14.3. The average molecular weight is 302 g/mol. The number of nitrogens with one attached hydrogen (secondary N) is 2. The number of hydrogen-bond donors (Lipinski definition) is 2. The van der Waals surface area contributed by atoms with Gasteiger partial charge in [0.15, 0.2) is 0 Å². The third-order valence-electron chi connectivity index (χ3n) is 4.07. The first-order chi connectivity index (χ1) is 10.7. The van der Waals surface area contributed by atoms with E-state index in [1.165, 1.54) is 19.3 Å². The first-order valence-electron chi connectivity index (χ1n) is 7.78. The van der Waals surface area contributed by atoms with Gasteiger partial charge in [-0.2, -0.15) is 10.2 Å². The van der Waals surface area contributed by atoms with Crippen molar-refractivity contribution in [3.63, 3.8) is 0 Å². The van der Waals surface area contributed by atoms with Gasteiger partial charge in [0.25, 0.3) is 0 Å². The summed E-state index contributed by atoms with van der Waals surface area (Å²) in [4.78, 5) is 11.9. The van der Waals surface area contributed by atoms with Crippen molar-refractivity contribution in [2.45, 2.75) is 38.1 Å². The summed E-state index contributed by atoms with van der Waals surface area (Å²) in [6.45, 7) is 1.41. The number of rotatable bonds is 6. The van der Waals surface area contributed by atoms with E-state index < -0.39 is 0 Å². The molecule has 1 aliphatic carbocycles. The van der Waals surface area contributed by atoms with Gasteiger partial charge in [-0.1, -0.05) is 6.42 Å². The molecule has 7 nitrogen and oxygen atoms in total. The van der Waals surface area contributed by atoms with Crippen molar-refractivity contribution in [3.8, 4) is 0 Å². The second kappa shape index (κ2) is 6.64. The Bertz CT molecular complexity index is 614. The van der Waals surface area contributed by atoms with Gasteiger partial charge >= 0.3 is 6.03 Å². The lowest BCUT2D eigenvalue weighted by Crippen LogP contribution is -2.30. The van der Waals surface area contributed by atoms with E-state index in [1.807, 2.05) is 30.1 Å². The van der Waals surface area contributed by atoms with Gasteiger partial charge in [-0.05, 0) is 25.3 Å². The van der Waals surface area contributed by atoms with Crippen LogP contribution in [0.3, 0.4) is 0 Å². The lowest BCUT2D eigenvalue weighted by atomic mass is 9.83. The van der Waals surface area contributed by atoms with E-state index in [2.05, 4.69) is 20.8 Å². The number of aryl methyl sites for hydroxylation is 2. The molecule has 2 heterocycles. The van der Waals surface area contributed by atoms with Crippen LogP contribution in [0.1, 0.15) is 37.3 Å². The van der Waals surface area contributed by atoms with Crippen molar-refractivity contribution in [2.75, 3.05) is 11.9 Å². The molecule has 0 aromatic carbocycles. The summed E-state index contributed by atoms with van der Waals surface area (Å²) in [5.74, 6) is 1.31. The van der Waals surface area contributed by atoms with Gasteiger partial charge in [-0.25, -0.2) is 4.79 Å². The Morgan fingerprint density at radius 2 is 2.32 bits per heavy atom. The third-order valence-corrected chi connectivity index (χ3v) is 4.07. The monoisotopic (exact) mass is 302 g/mol. The Kier molecular flexibility index (Phi) is 4.41. The van der Waals surface area contributed by atoms with Crippen molar-refractivity contribution in [3.05, 3.63) is 30.2 Å². The first kappa shape index (κ1) is 14.6. The molecule has 0 spiro atoms. The molecule has 0 atom stereocenters. The molecule has 0 bridgehead atoms. The van der Waals surface area contributed by atoms with Gasteiger partial charge in [-0.15, -0.1) is 0 Å². The van der Waals surface area contributed by atoms with Gasteiger partial charge in [0.1, 0.15) is 5.82 Å². The highest BCUT2D eigenvalue weighted by atomic mass is 16.2. The molecule has 3 rings (SSSR count). The van der Waals surface area contributed by atoms with Crippen molar-refractivity contribution in [1.82, 2.24) is 24.9 Å². The van der Waals surface area contributed by atoms with E-state index in [1.54, 1.807) is 10.9 Å². The summed E-state index contributed by atoms with van der Waals surface area (Å²) in [6, 6.07) is 3.68. The van der Waals surface area contributed by atoms with Crippen LogP contribution in [0.4, 0.5) is 10.6 Å². The van der Waals surface area contributed by atoms with E-state index >= 15 is 0 Å². The fourth-order valence-electron chi connectivity index (χ4n) is 2.55. The second-order valence-corrected chi connectivity index (χ2v) is 5.71. The van der Waals surface area contributed by atoms with Crippen LogP contribution in [0.2, 0.25) is 0 Å². The molecule has 0 radical (unpaired) electrons. The number of aromatic nitrogens is 4. The highest BCUT2D eigenvalue weighted by molar-refractivity contribution is 5.88. The summed E-state index contributed by atoms with van der Waals surface area (Å²) < 4.78 is 3.59. The first-order valence-corrected chi connectivity index (χ1v) is 7.78. The summed E-state index contributed by atoms with van der Waals surface area (Å²) in [5.41, 5.74) is 1.09. The molecule has 2 aromatic rings. The van der Waals surface area contributed by atoms with Crippen molar-refractivity contribution >= 4 is 11.8 Å². The molecule has 1 fully saturated rings. The number of anilines is 1. The predicted octanol–water partition coefficient (Wildman–Crippen LogP) is 2.10. The molecule has 0 unspecified atom stereocenters. The van der Waals surface area contributed by atoms with Gasteiger partial charge in [0.2, 0.25) is 0 Å². The van der Waals surface area contributed by atoms with E-state index in [-0.39, 0.29) is 6.03 Å². The van der Waals surface area contributed by atoms with Crippen molar-refractivity contribution < 1.29 is 4.79 Å². The Hall–Kier alpha value is -2.31. The predicted molar refractivity (Wildman–Crippen MR) is 83.7 cm³/mol. The number of urea groups is 1. The maximum absolute atomic E-state index is 11.9. The Morgan fingerprint density at radius 3 is 3.00 bits per heavy atom. The lowest BCUT2D eigenvalue weighted by molar-refractivity contribution is 0.251. The lowest BCUT2D eigenvalue weighted by Gasteiger charge is -2.22. The number of amides is 2. The summed E-state index contributed by atoms with van der Waals surface area (Å²) >= 11 is 0. The van der Waals surface area contributed by atoms with Gasteiger partial charge in [0.05, 0.1) is 5.69 Å². The molecular weight excluding hydrogens is 280 g/mol. The molecule has 0 saturated heterocycles. The second-order valence-electron chi connectivity index (χ2n) is 5.71. The van der Waals surface area contributed by atoms with Crippen molar-refractivity contribution in [1.29, 1.82) is 0 Å². The molecule has 0 aliphatic heterocycles. The molecule has 118 valence electrons. The Labute approximate surface area is 129 Å². The fraction of sp³-hybridized carbons (Fsp3) is 0.533. The van der Waals surface area contributed by atoms with Gasteiger partial charge < -0.3 is 5.32 Å². The summed E-state index contributed by atoms with van der Waals surface area (Å²) in [6.07, 6.45) is 8.20. The highest BCUT2D eigenvalue weighted by Gasteiger charge is 2.23. The van der Waals surface area contributed by atoms with E-state index in [0.717, 1.165) is 24.5 Å². The number of nitrogens with zero attached hydrogens (tertiary/aromatic N) is 4. The third kappa shape index (κ3) is 3.47. The minimum absolute atomic E-state index is 0.191. The van der Waals surface area contributed by atoms with E-state index in [9.17, 15) is 4.79 Å². The van der Waals surface area contributed by atoms with Crippen molar-refractivity contribution in [2.24, 2.45) is 7.05 Å². The smallest absolute Gasteiger partial charge is 0.320 e. The van der Waals surface area contributed by atoms with Gasteiger partial charge in [0, 0.05) is 44.5 Å². The SMILES string of the molecule is Cn1nc(C2CCC2)cc1NC(=O)NCCCn1cccn1. The molecule has 2 amide bonds. The van der Waals surface area contributed by atoms with E-state index in [4.69, 9.17) is 0 Å². The van der Waals surface area contributed by atoms with Crippen LogP contribution in [0.25, 0.3) is 0 Å². The highest BCUT2D eigenvalue weighted by Crippen LogP contribution is 2.36. The Morgan fingerprint density at radius 1 is 1.45 bits per heavy atom. The largest absolute Gasteiger partial charge is 0.338 e. The van der Waals surface area contributed by atoms with Crippen LogP contribution < -0.4 is 10.6 Å². The molecule has 22 heavy (non-hydrogen) atoms. The minimum atomic E-state index is -0.191. The quantitative estimate of drug-likeness (QED) is 0.802. The van der Waals surface area contributed by atoms with Gasteiger partial charge in [-0.3, -0.25) is 14.7 Å². The topological polar surface area (TPSA) is 76.8 Å². The zero-order chi connectivity index (χ0) is 15.4. The number of carbonyl (C=O) groups excluding carboxylic acids is 1. The van der Waals surface area contributed by atoms with Crippen LogP contribution in [-0.4, -0.2) is 32.1 Å². The zero-order valence-electron chi connectivity index (χ0n) is 12.8. The minimum Gasteiger partial charge on any atom is -0.338 e. The summed E-state index contributed by atoms with van der Waals surface area (Å²) in [7, 11) is 1.86. The zero-order valence-corrected chi connectivity index (χ0v) is 12.8. The molecule has 1 aliphatic rings. The molecule has 2 N–H and O–H groups in total. The van der Waals surface area contributed by atoms with Crippen LogP contribution in [0.15, 0.2) is 24.5 Å². The Balaban J connectivity index is 1.42. The fourth-order valence-corrected chi connectivity index (χ4v) is 2.55. The maximum atomic E-state index is 11.9. The van der Waals surface area contributed by atoms with Crippen LogP contribution >= 0.6 is 0 Å². The van der Waals surface area contributed by atoms with Crippen LogP contribution in [-0.2, 0) is 13.6 Å². The van der Waals surface area contributed by atoms with Crippen LogP contribution in [0.5, 0.6) is 0 Å². The maximum Gasteiger partial charge on any atom is 0.320 e. The molecule has 1 saturated carbocycles. The van der Waals surface area contributed by atoms with Crippen LogP contribution in [0, 0.1) is 0 Å². The molecule has 7 heteroatoms. The standard InChI is InChI=1S/C15H22N6O/c1-20-14(11-13(19-20)12-5-2-6-12)18-15(22)16-7-3-9-21-10-4-8-17-21/h4,8,10-12H,2-3,5-7,9H2,1H3,(H2,16,18,22). The normalized spacial score (nSPS) is 14.6. The molecule has 2 aromatic heterocycles. The number of carbonyl (C=O) groups is 1. The molecular formula is C15H22N6O.